The van der Waals surface area contributed by atoms with Crippen molar-refractivity contribution >= 4 is 18.2 Å². The van der Waals surface area contributed by atoms with Crippen LogP contribution in [-0.2, 0) is 15.0 Å². The molecule has 1 aromatic carbocycles. The lowest BCUT2D eigenvalue weighted by molar-refractivity contribution is 0.0767. The molecule has 2 aromatic rings. The lowest BCUT2D eigenvalue weighted by Gasteiger charge is -2.34. The van der Waals surface area contributed by atoms with Gasteiger partial charge in [-0.15, -0.1) is 0 Å². The Hall–Kier alpha value is -2.51. The van der Waals surface area contributed by atoms with E-state index in [1.165, 1.54) is 5.56 Å². The van der Waals surface area contributed by atoms with Crippen LogP contribution in [0.3, 0.4) is 0 Å². The second kappa shape index (κ2) is 8.12. The third-order valence-electron chi connectivity index (χ3n) is 6.94. The second-order valence-electron chi connectivity index (χ2n) is 9.87. The van der Waals surface area contributed by atoms with Crippen LogP contribution in [0.25, 0.3) is 0 Å². The van der Waals surface area contributed by atoms with Crippen LogP contribution in [0.1, 0.15) is 79.3 Å². The van der Waals surface area contributed by atoms with E-state index in [0.29, 0.717) is 23.6 Å². The van der Waals surface area contributed by atoms with E-state index < -0.39 is 5.97 Å². The molecule has 0 spiro atoms. The maximum atomic E-state index is 12.0. The first-order valence-corrected chi connectivity index (χ1v) is 11.8. The van der Waals surface area contributed by atoms with Gasteiger partial charge < -0.3 is 14.6 Å². The van der Waals surface area contributed by atoms with Crippen LogP contribution < -0.4 is 10.5 Å². The van der Waals surface area contributed by atoms with Crippen molar-refractivity contribution < 1.29 is 14.1 Å². The number of hydrogen-bond acceptors (Lipinski definition) is 7. The van der Waals surface area contributed by atoms with Crippen LogP contribution in [0.5, 0.6) is 0 Å². The predicted molar refractivity (Wildman–Crippen MR) is 127 cm³/mol. The summed E-state index contributed by atoms with van der Waals surface area (Å²) in [6.45, 7) is 10.5. The van der Waals surface area contributed by atoms with Gasteiger partial charge >= 0.3 is 5.97 Å². The maximum absolute atomic E-state index is 12.0. The lowest BCUT2D eigenvalue weighted by Crippen LogP contribution is -2.37. The molecule has 1 aromatic heterocycles. The first-order chi connectivity index (χ1) is 15.1. The molecule has 1 aliphatic heterocycles. The van der Waals surface area contributed by atoms with Crippen LogP contribution >= 0.6 is 12.2 Å². The van der Waals surface area contributed by atoms with Crippen LogP contribution in [0, 0.1) is 12.8 Å². The molecule has 3 atom stereocenters. The van der Waals surface area contributed by atoms with E-state index >= 15 is 0 Å². The minimum Gasteiger partial charge on any atom is -0.508 e. The summed E-state index contributed by atoms with van der Waals surface area (Å²) < 4.78 is 4.81. The van der Waals surface area contributed by atoms with Crippen molar-refractivity contribution in [1.82, 2.24) is 10.3 Å². The third kappa shape index (κ3) is 3.77. The largest absolute Gasteiger partial charge is 0.508 e. The molecule has 2 aliphatic rings. The Labute approximate surface area is 194 Å². The molecule has 2 unspecified atom stereocenters. The Morgan fingerprint density at radius 3 is 2.62 bits per heavy atom. The molecule has 0 bridgehead atoms. The van der Waals surface area contributed by atoms with Gasteiger partial charge in [-0.25, -0.2) is 9.93 Å². The fourth-order valence-corrected chi connectivity index (χ4v) is 4.99. The average Bonchev–Trinajstić information content (AvgIpc) is 3.47. The highest BCUT2D eigenvalue weighted by molar-refractivity contribution is 7.92. The molecular formula is C25H31N3O3S. The van der Waals surface area contributed by atoms with E-state index in [0.717, 1.165) is 35.4 Å². The molecule has 1 fully saturated rings. The highest BCUT2D eigenvalue weighted by Crippen LogP contribution is 2.62. The Morgan fingerprint density at radius 1 is 1.34 bits per heavy atom. The molecule has 0 amide bonds. The summed E-state index contributed by atoms with van der Waals surface area (Å²) in [4.78, 5) is 16.7. The van der Waals surface area contributed by atoms with E-state index in [2.05, 4.69) is 45.1 Å². The number of rotatable bonds is 6. The van der Waals surface area contributed by atoms with Gasteiger partial charge in [0.05, 0.1) is 11.3 Å². The summed E-state index contributed by atoms with van der Waals surface area (Å²) in [7, 11) is 0. The molecule has 4 rings (SSSR count). The van der Waals surface area contributed by atoms with Crippen molar-refractivity contribution in [1.29, 1.82) is 0 Å². The van der Waals surface area contributed by atoms with Gasteiger partial charge in [-0.1, -0.05) is 45.9 Å². The van der Waals surface area contributed by atoms with Gasteiger partial charge in [0, 0.05) is 28.6 Å². The SMILES string of the molecule is CCC1(c2ccc(C(C)(C)C)nc2)CC1C1=C(O)[C@H](c2ccc(C(=O)OSN)c(C)c2)N1. The van der Waals surface area contributed by atoms with E-state index in [1.807, 2.05) is 25.3 Å². The molecule has 4 N–H and O–H groups in total. The fourth-order valence-electron chi connectivity index (χ4n) is 4.81. The normalized spacial score (nSPS) is 24.6. The number of hydrogen-bond donors (Lipinski definition) is 3. The Balaban J connectivity index is 1.52. The minimum atomic E-state index is -0.472. The molecule has 170 valence electrons. The molecule has 1 saturated carbocycles. The van der Waals surface area contributed by atoms with Gasteiger partial charge in [-0.2, -0.15) is 0 Å². The zero-order chi connectivity index (χ0) is 23.3. The van der Waals surface area contributed by atoms with Gasteiger partial charge in [0.1, 0.15) is 24.0 Å². The molecule has 0 saturated heterocycles. The van der Waals surface area contributed by atoms with E-state index in [1.54, 1.807) is 6.07 Å². The number of benzene rings is 1. The van der Waals surface area contributed by atoms with Crippen molar-refractivity contribution in [2.45, 2.75) is 64.3 Å². The second-order valence-corrected chi connectivity index (χ2v) is 10.2. The van der Waals surface area contributed by atoms with E-state index in [4.69, 9.17) is 14.3 Å². The molecular weight excluding hydrogens is 422 g/mol. The number of nitrogens with one attached hydrogen (secondary N) is 1. The van der Waals surface area contributed by atoms with Crippen LogP contribution in [-0.4, -0.2) is 16.1 Å². The summed E-state index contributed by atoms with van der Waals surface area (Å²) in [6, 6.07) is 9.53. The van der Waals surface area contributed by atoms with Gasteiger partial charge in [0.15, 0.2) is 0 Å². The quantitative estimate of drug-likeness (QED) is 0.411. The van der Waals surface area contributed by atoms with Crippen LogP contribution in [0.2, 0.25) is 0 Å². The highest BCUT2D eigenvalue weighted by atomic mass is 32.2. The predicted octanol–water partition coefficient (Wildman–Crippen LogP) is 5.15. The average molecular weight is 454 g/mol. The van der Waals surface area contributed by atoms with E-state index in [-0.39, 0.29) is 22.8 Å². The van der Waals surface area contributed by atoms with Gasteiger partial charge in [0.25, 0.3) is 0 Å². The summed E-state index contributed by atoms with van der Waals surface area (Å²) in [6.07, 6.45) is 4.00. The molecule has 0 radical (unpaired) electrons. The number of aliphatic hydroxyl groups is 1. The Kier molecular flexibility index (Phi) is 5.75. The molecule has 32 heavy (non-hydrogen) atoms. The number of aromatic nitrogens is 1. The number of nitrogens with two attached hydrogens (primary N) is 1. The van der Waals surface area contributed by atoms with Crippen molar-refractivity contribution in [3.63, 3.8) is 0 Å². The Morgan fingerprint density at radius 2 is 2.09 bits per heavy atom. The van der Waals surface area contributed by atoms with Crippen molar-refractivity contribution in [3.8, 4) is 0 Å². The van der Waals surface area contributed by atoms with Crippen LogP contribution in [0.4, 0.5) is 0 Å². The number of carbonyl (C=O) groups is 1. The minimum absolute atomic E-state index is 0.0219. The topological polar surface area (TPSA) is 97.5 Å². The standard InChI is InChI=1S/C25H31N3O3S/c1-6-25(16-8-10-19(27-13-16)24(3,4)5)12-18(25)21-22(29)20(28-21)15-7-9-17(14(2)11-15)23(30)31-32-26/h7-11,13,18,20,28-29H,6,12,26H2,1-5H3/t18?,20-,25?/m0/s1. The third-order valence-corrected chi connectivity index (χ3v) is 7.19. The monoisotopic (exact) mass is 453 g/mol. The first kappa shape index (κ1) is 22.7. The summed E-state index contributed by atoms with van der Waals surface area (Å²) in [5.74, 6) is 0.181. The number of allylic oxidation sites excluding steroid dienone is 1. The van der Waals surface area contributed by atoms with Gasteiger partial charge in [0.2, 0.25) is 0 Å². The zero-order valence-electron chi connectivity index (χ0n) is 19.2. The van der Waals surface area contributed by atoms with Gasteiger partial charge in [-0.3, -0.25) is 4.98 Å². The molecule has 1 aliphatic carbocycles. The number of pyridine rings is 1. The van der Waals surface area contributed by atoms with Crippen molar-refractivity contribution in [2.24, 2.45) is 11.1 Å². The van der Waals surface area contributed by atoms with Crippen molar-refractivity contribution in [3.05, 3.63) is 75.9 Å². The fraction of sp³-hybridized carbons (Fsp3) is 0.440. The van der Waals surface area contributed by atoms with Crippen molar-refractivity contribution in [2.75, 3.05) is 0 Å². The van der Waals surface area contributed by atoms with Gasteiger partial charge in [-0.05, 0) is 48.6 Å². The molecule has 2 heterocycles. The Bertz CT molecular complexity index is 1070. The maximum Gasteiger partial charge on any atom is 0.351 e. The lowest BCUT2D eigenvalue weighted by atomic mass is 9.85. The highest BCUT2D eigenvalue weighted by Gasteiger charge is 2.59. The summed E-state index contributed by atoms with van der Waals surface area (Å²) >= 11 is 0.538. The molecule has 7 heteroatoms. The van der Waals surface area contributed by atoms with Crippen LogP contribution in [0.15, 0.2) is 48.0 Å². The molecule has 6 nitrogen and oxygen atoms in total. The summed E-state index contributed by atoms with van der Waals surface area (Å²) in [5, 5.41) is 19.6. The summed E-state index contributed by atoms with van der Waals surface area (Å²) in [5.41, 5.74) is 5.46. The smallest absolute Gasteiger partial charge is 0.351 e. The number of aryl methyl sites for hydroxylation is 1. The van der Waals surface area contributed by atoms with E-state index in [9.17, 15) is 9.90 Å². The number of carbonyl (C=O) groups excluding carboxylic acids is 1. The number of aliphatic hydroxyl groups excluding tert-OH is 1. The zero-order valence-corrected chi connectivity index (χ0v) is 20.0. The first-order valence-electron chi connectivity index (χ1n) is 11.0. The number of nitrogens with zero attached hydrogens (tertiary/aromatic N) is 1.